The fourth-order valence-electron chi connectivity index (χ4n) is 2.37. The van der Waals surface area contributed by atoms with E-state index in [9.17, 15) is 4.79 Å². The van der Waals surface area contributed by atoms with Crippen LogP contribution in [0.4, 0.5) is 17.1 Å². The lowest BCUT2D eigenvalue weighted by Gasteiger charge is -2.13. The number of nitriles is 1. The van der Waals surface area contributed by atoms with Gasteiger partial charge in [0.1, 0.15) is 0 Å². The molecule has 1 amide bonds. The molecule has 0 fully saturated rings. The molecular weight excluding hydrogens is 286 g/mol. The number of rotatable bonds is 6. The van der Waals surface area contributed by atoms with Gasteiger partial charge in [0.25, 0.3) is 0 Å². The molecule has 4 nitrogen and oxygen atoms in total. The highest BCUT2D eigenvalue weighted by Gasteiger charge is 2.13. The summed E-state index contributed by atoms with van der Waals surface area (Å²) < 4.78 is 0. The van der Waals surface area contributed by atoms with Gasteiger partial charge in [0.2, 0.25) is 5.91 Å². The van der Waals surface area contributed by atoms with Gasteiger partial charge in [-0.2, -0.15) is 5.26 Å². The first-order valence-electron chi connectivity index (χ1n) is 7.84. The number of carbonyl (C=O) groups excluding carboxylic acids is 1. The molecular formula is C19H21N3O. The predicted molar refractivity (Wildman–Crippen MR) is 93.6 cm³/mol. The summed E-state index contributed by atoms with van der Waals surface area (Å²) in [5, 5.41) is 15.1. The summed E-state index contributed by atoms with van der Waals surface area (Å²) >= 11 is 0. The molecule has 0 aromatic heterocycles. The Balaban J connectivity index is 2.02. The molecule has 0 unspecified atom stereocenters. The Labute approximate surface area is 137 Å². The molecule has 0 bridgehead atoms. The van der Waals surface area contributed by atoms with Gasteiger partial charge in [-0.1, -0.05) is 19.9 Å². The molecule has 2 aromatic rings. The van der Waals surface area contributed by atoms with Crippen molar-refractivity contribution in [1.29, 1.82) is 5.26 Å². The average molecular weight is 307 g/mol. The van der Waals surface area contributed by atoms with Crippen LogP contribution in [0, 0.1) is 17.2 Å². The van der Waals surface area contributed by atoms with Gasteiger partial charge in [-0.15, -0.1) is 0 Å². The zero-order valence-electron chi connectivity index (χ0n) is 13.5. The van der Waals surface area contributed by atoms with E-state index in [-0.39, 0.29) is 11.8 Å². The number of benzene rings is 2. The first-order valence-corrected chi connectivity index (χ1v) is 7.84. The van der Waals surface area contributed by atoms with Crippen LogP contribution in [0.3, 0.4) is 0 Å². The number of carbonyl (C=O) groups is 1. The maximum absolute atomic E-state index is 12.1. The number of nitrogens with one attached hydrogen (secondary N) is 2. The Morgan fingerprint density at radius 1 is 1.04 bits per heavy atom. The Morgan fingerprint density at radius 3 is 2.30 bits per heavy atom. The van der Waals surface area contributed by atoms with Crippen LogP contribution in [0.1, 0.15) is 32.3 Å². The van der Waals surface area contributed by atoms with E-state index < -0.39 is 0 Å². The van der Waals surface area contributed by atoms with Crippen molar-refractivity contribution in [3.05, 3.63) is 54.1 Å². The molecule has 118 valence electrons. The molecule has 0 spiro atoms. The summed E-state index contributed by atoms with van der Waals surface area (Å²) in [6, 6.07) is 17.0. The van der Waals surface area contributed by atoms with Gasteiger partial charge >= 0.3 is 0 Å². The summed E-state index contributed by atoms with van der Waals surface area (Å²) in [4.78, 5) is 12.1. The lowest BCUT2D eigenvalue weighted by molar-refractivity contribution is -0.120. The molecule has 0 aliphatic rings. The molecule has 0 saturated carbocycles. The summed E-state index contributed by atoms with van der Waals surface area (Å²) in [5.74, 6) is 0.124. The monoisotopic (exact) mass is 307 g/mol. The van der Waals surface area contributed by atoms with Crippen LogP contribution >= 0.6 is 0 Å². The lowest BCUT2D eigenvalue weighted by Crippen LogP contribution is -2.21. The van der Waals surface area contributed by atoms with E-state index in [2.05, 4.69) is 16.7 Å². The van der Waals surface area contributed by atoms with E-state index in [1.54, 1.807) is 12.1 Å². The molecule has 0 aliphatic carbocycles. The smallest absolute Gasteiger partial charge is 0.227 e. The fraction of sp³-hybridized carbons (Fsp3) is 0.263. The highest BCUT2D eigenvalue weighted by molar-refractivity contribution is 5.92. The van der Waals surface area contributed by atoms with E-state index in [1.165, 1.54) is 0 Å². The van der Waals surface area contributed by atoms with Crippen molar-refractivity contribution in [1.82, 2.24) is 0 Å². The largest absolute Gasteiger partial charge is 0.355 e. The summed E-state index contributed by atoms with van der Waals surface area (Å²) in [6.45, 7) is 4.05. The van der Waals surface area contributed by atoms with Gasteiger partial charge < -0.3 is 10.6 Å². The minimum atomic E-state index is 0.0570. The third-order valence-corrected chi connectivity index (χ3v) is 3.79. The van der Waals surface area contributed by atoms with Crippen molar-refractivity contribution in [3.63, 3.8) is 0 Å². The predicted octanol–water partition coefficient (Wildman–Crippen LogP) is 4.68. The van der Waals surface area contributed by atoms with Crippen molar-refractivity contribution >= 4 is 23.0 Å². The lowest BCUT2D eigenvalue weighted by atomic mass is 10.0. The Hall–Kier alpha value is -2.80. The number of anilines is 3. The Morgan fingerprint density at radius 2 is 1.70 bits per heavy atom. The molecule has 0 heterocycles. The van der Waals surface area contributed by atoms with Crippen LogP contribution in [0.2, 0.25) is 0 Å². The Bertz CT molecular complexity index is 697. The third-order valence-electron chi connectivity index (χ3n) is 3.79. The molecule has 0 atom stereocenters. The van der Waals surface area contributed by atoms with Crippen molar-refractivity contribution in [2.45, 2.75) is 26.7 Å². The number of amides is 1. The highest BCUT2D eigenvalue weighted by atomic mass is 16.1. The van der Waals surface area contributed by atoms with Gasteiger partial charge in [-0.25, -0.2) is 0 Å². The van der Waals surface area contributed by atoms with Gasteiger partial charge in [-0.05, 0) is 55.3 Å². The van der Waals surface area contributed by atoms with E-state index in [1.807, 2.05) is 50.2 Å². The normalized spacial score (nSPS) is 10.2. The zero-order chi connectivity index (χ0) is 16.7. The van der Waals surface area contributed by atoms with Gasteiger partial charge in [0, 0.05) is 23.0 Å². The van der Waals surface area contributed by atoms with Crippen LogP contribution in [-0.2, 0) is 4.79 Å². The van der Waals surface area contributed by atoms with Crippen LogP contribution in [0.15, 0.2) is 48.5 Å². The molecule has 0 aliphatic heterocycles. The van der Waals surface area contributed by atoms with Gasteiger partial charge in [0.15, 0.2) is 0 Å². The van der Waals surface area contributed by atoms with E-state index >= 15 is 0 Å². The highest BCUT2D eigenvalue weighted by Crippen LogP contribution is 2.20. The van der Waals surface area contributed by atoms with Crippen molar-refractivity contribution < 1.29 is 4.79 Å². The van der Waals surface area contributed by atoms with Crippen LogP contribution in [0.25, 0.3) is 0 Å². The average Bonchev–Trinajstić information content (AvgIpc) is 2.58. The molecule has 2 rings (SSSR count). The standard InChI is InChI=1S/C19H21N3O/c1-3-15(4-2)19(23)22-17-10-8-16(9-11-17)21-18-7-5-6-14(12-18)13-20/h5-12,15,21H,3-4H2,1-2H3,(H,22,23). The van der Waals surface area contributed by atoms with Crippen molar-refractivity contribution in [2.24, 2.45) is 5.92 Å². The summed E-state index contributed by atoms with van der Waals surface area (Å²) in [5.41, 5.74) is 3.17. The zero-order valence-corrected chi connectivity index (χ0v) is 13.5. The second-order valence-corrected chi connectivity index (χ2v) is 5.40. The SMILES string of the molecule is CCC(CC)C(=O)Nc1ccc(Nc2cccc(C#N)c2)cc1. The third kappa shape index (κ3) is 4.58. The fourth-order valence-corrected chi connectivity index (χ4v) is 2.37. The van der Waals surface area contributed by atoms with Crippen molar-refractivity contribution in [3.8, 4) is 6.07 Å². The van der Waals surface area contributed by atoms with E-state index in [0.717, 1.165) is 29.9 Å². The first kappa shape index (κ1) is 16.6. The molecule has 23 heavy (non-hydrogen) atoms. The van der Waals surface area contributed by atoms with Gasteiger partial charge in [0.05, 0.1) is 11.6 Å². The van der Waals surface area contributed by atoms with Crippen LogP contribution in [0.5, 0.6) is 0 Å². The van der Waals surface area contributed by atoms with Crippen molar-refractivity contribution in [2.75, 3.05) is 10.6 Å². The minimum absolute atomic E-state index is 0.0570. The molecule has 2 N–H and O–H groups in total. The molecule has 4 heteroatoms. The number of nitrogens with zero attached hydrogens (tertiary/aromatic N) is 1. The molecule has 2 aromatic carbocycles. The molecule has 0 radical (unpaired) electrons. The maximum Gasteiger partial charge on any atom is 0.227 e. The summed E-state index contributed by atoms with van der Waals surface area (Å²) in [6.07, 6.45) is 1.69. The second kappa shape index (κ2) is 8.00. The topological polar surface area (TPSA) is 64.9 Å². The van der Waals surface area contributed by atoms with Crippen LogP contribution in [-0.4, -0.2) is 5.91 Å². The van der Waals surface area contributed by atoms with E-state index in [0.29, 0.717) is 5.56 Å². The first-order chi connectivity index (χ1) is 11.2. The number of hydrogen-bond acceptors (Lipinski definition) is 3. The van der Waals surface area contributed by atoms with E-state index in [4.69, 9.17) is 5.26 Å². The second-order valence-electron chi connectivity index (χ2n) is 5.40. The molecule has 0 saturated heterocycles. The van der Waals surface area contributed by atoms with Gasteiger partial charge in [-0.3, -0.25) is 4.79 Å². The van der Waals surface area contributed by atoms with Crippen LogP contribution < -0.4 is 10.6 Å². The quantitative estimate of drug-likeness (QED) is 0.814. The number of hydrogen-bond donors (Lipinski definition) is 2. The summed E-state index contributed by atoms with van der Waals surface area (Å²) in [7, 11) is 0. The Kier molecular flexibility index (Phi) is 5.76. The maximum atomic E-state index is 12.1. The minimum Gasteiger partial charge on any atom is -0.355 e.